The summed E-state index contributed by atoms with van der Waals surface area (Å²) in [7, 11) is 0. The largest absolute Gasteiger partial charge is 0.416 e. The molecule has 33 heavy (non-hydrogen) atoms. The van der Waals surface area contributed by atoms with E-state index in [9.17, 15) is 22.8 Å². The fraction of sp³-hybridized carbons (Fsp3) is 0.417. The number of carbonyl (C=O) groups excluding carboxylic acids is 1. The number of nitrogens with zero attached hydrogens (tertiary/aromatic N) is 4. The minimum absolute atomic E-state index is 0.0575. The maximum absolute atomic E-state index is 13.0. The molecule has 0 aliphatic carbocycles. The molecular weight excluding hydrogens is 433 g/mol. The smallest absolute Gasteiger partial charge is 0.368 e. The van der Waals surface area contributed by atoms with E-state index in [2.05, 4.69) is 0 Å². The van der Waals surface area contributed by atoms with Crippen LogP contribution in [0.25, 0.3) is 11.0 Å². The summed E-state index contributed by atoms with van der Waals surface area (Å²) in [5.74, 6) is -0.0575. The minimum Gasteiger partial charge on any atom is -0.368 e. The van der Waals surface area contributed by atoms with Crippen molar-refractivity contribution in [3.63, 3.8) is 0 Å². The predicted molar refractivity (Wildman–Crippen MR) is 121 cm³/mol. The number of alkyl halides is 3. The molecule has 2 aromatic carbocycles. The maximum Gasteiger partial charge on any atom is 0.416 e. The third-order valence-corrected chi connectivity index (χ3v) is 6.09. The molecule has 4 rings (SSSR count). The summed E-state index contributed by atoms with van der Waals surface area (Å²) in [5.41, 5.74) is 1.41. The molecule has 3 aromatic rings. The fourth-order valence-electron chi connectivity index (χ4n) is 4.39. The zero-order chi connectivity index (χ0) is 23.6. The Morgan fingerprint density at radius 3 is 2.15 bits per heavy atom. The Balaban J connectivity index is 1.39. The Labute approximate surface area is 189 Å². The average Bonchev–Trinajstić information content (AvgIpc) is 3.08. The average molecular weight is 461 g/mol. The van der Waals surface area contributed by atoms with Crippen LogP contribution in [0.15, 0.2) is 53.3 Å². The van der Waals surface area contributed by atoms with Crippen molar-refractivity contribution in [2.45, 2.75) is 39.0 Å². The number of anilines is 1. The number of amides is 1. The molecule has 176 valence electrons. The van der Waals surface area contributed by atoms with E-state index < -0.39 is 11.7 Å². The summed E-state index contributed by atoms with van der Waals surface area (Å²) in [6.07, 6.45) is -3.35. The lowest BCUT2D eigenvalue weighted by molar-refractivity contribution is -0.137. The molecule has 0 saturated carbocycles. The van der Waals surface area contributed by atoms with E-state index in [1.165, 1.54) is 6.07 Å². The second kappa shape index (κ2) is 9.33. The van der Waals surface area contributed by atoms with Gasteiger partial charge >= 0.3 is 11.9 Å². The van der Waals surface area contributed by atoms with Crippen molar-refractivity contribution in [3.8, 4) is 0 Å². The number of benzene rings is 2. The number of aromatic nitrogens is 2. The van der Waals surface area contributed by atoms with Crippen molar-refractivity contribution in [3.05, 3.63) is 64.6 Å². The molecular formula is C24H27F3N4O2. The van der Waals surface area contributed by atoms with E-state index in [1.54, 1.807) is 20.1 Å². The number of fused-ring (bicyclic) bond motifs is 1. The number of imidazole rings is 1. The van der Waals surface area contributed by atoms with Gasteiger partial charge in [0.15, 0.2) is 0 Å². The first-order chi connectivity index (χ1) is 15.8. The van der Waals surface area contributed by atoms with Crippen molar-refractivity contribution in [2.24, 2.45) is 0 Å². The number of hydrogen-bond donors (Lipinski definition) is 0. The normalized spacial score (nSPS) is 14.8. The van der Waals surface area contributed by atoms with Gasteiger partial charge < -0.3 is 9.80 Å². The van der Waals surface area contributed by atoms with Crippen molar-refractivity contribution in [2.75, 3.05) is 31.1 Å². The van der Waals surface area contributed by atoms with Crippen LogP contribution < -0.4 is 10.6 Å². The van der Waals surface area contributed by atoms with Crippen molar-refractivity contribution in [1.29, 1.82) is 0 Å². The third kappa shape index (κ3) is 4.77. The molecule has 0 radical (unpaired) electrons. The summed E-state index contributed by atoms with van der Waals surface area (Å²) in [4.78, 5) is 29.3. The van der Waals surface area contributed by atoms with Crippen LogP contribution in [-0.2, 0) is 24.1 Å². The van der Waals surface area contributed by atoms with Gasteiger partial charge in [-0.25, -0.2) is 4.79 Å². The lowest BCUT2D eigenvalue weighted by atomic mass is 10.1. The van der Waals surface area contributed by atoms with Crippen LogP contribution in [0.2, 0.25) is 0 Å². The Kier molecular flexibility index (Phi) is 6.49. The number of hydrogen-bond acceptors (Lipinski definition) is 3. The molecule has 9 heteroatoms. The first-order valence-electron chi connectivity index (χ1n) is 11.2. The number of piperazine rings is 1. The molecule has 0 unspecified atom stereocenters. The molecule has 1 aliphatic rings. The molecule has 0 bridgehead atoms. The number of aryl methyl sites for hydroxylation is 2. The molecule has 0 atom stereocenters. The number of para-hydroxylation sites is 2. The maximum atomic E-state index is 13.0. The molecule has 1 fully saturated rings. The number of halogens is 3. The first-order valence-corrected chi connectivity index (χ1v) is 11.2. The van der Waals surface area contributed by atoms with Gasteiger partial charge in [-0.05, 0) is 36.8 Å². The predicted octanol–water partition coefficient (Wildman–Crippen LogP) is 3.97. The topological polar surface area (TPSA) is 50.5 Å². The van der Waals surface area contributed by atoms with Gasteiger partial charge in [-0.15, -0.1) is 0 Å². The standard InChI is InChI=1S/C24H27F3N4O2/c1-2-11-30-20-8-3-4-9-21(20)31(23(30)33)12-10-22(32)29-15-13-28(14-16-29)19-7-5-6-18(17-19)24(25,26)27/h3-9,17H,2,10-16H2,1H3. The summed E-state index contributed by atoms with van der Waals surface area (Å²) in [5, 5.41) is 0. The van der Waals surface area contributed by atoms with Crippen molar-refractivity contribution < 1.29 is 18.0 Å². The Morgan fingerprint density at radius 1 is 0.909 bits per heavy atom. The van der Waals surface area contributed by atoms with Gasteiger partial charge in [0, 0.05) is 51.4 Å². The van der Waals surface area contributed by atoms with Gasteiger partial charge in [0.05, 0.1) is 16.6 Å². The van der Waals surface area contributed by atoms with E-state index in [-0.39, 0.29) is 18.0 Å². The highest BCUT2D eigenvalue weighted by Crippen LogP contribution is 2.31. The van der Waals surface area contributed by atoms with Gasteiger partial charge in [0.1, 0.15) is 0 Å². The van der Waals surface area contributed by atoms with Gasteiger partial charge in [0.25, 0.3) is 0 Å². The van der Waals surface area contributed by atoms with Crippen LogP contribution in [-0.4, -0.2) is 46.1 Å². The highest BCUT2D eigenvalue weighted by atomic mass is 19.4. The SMILES string of the molecule is CCCn1c(=O)n(CCC(=O)N2CCN(c3cccc(C(F)(F)F)c3)CC2)c2ccccc21. The number of carbonyl (C=O) groups is 1. The molecule has 1 aromatic heterocycles. The summed E-state index contributed by atoms with van der Waals surface area (Å²) >= 11 is 0. The van der Waals surface area contributed by atoms with Gasteiger partial charge in [-0.1, -0.05) is 25.1 Å². The molecule has 0 spiro atoms. The molecule has 1 aliphatic heterocycles. The van der Waals surface area contributed by atoms with Gasteiger partial charge in [-0.2, -0.15) is 13.2 Å². The van der Waals surface area contributed by atoms with Crippen LogP contribution in [0.3, 0.4) is 0 Å². The minimum atomic E-state index is -4.38. The quantitative estimate of drug-likeness (QED) is 0.559. The van der Waals surface area contributed by atoms with Crippen molar-refractivity contribution in [1.82, 2.24) is 14.0 Å². The lowest BCUT2D eigenvalue weighted by Crippen LogP contribution is -2.49. The number of rotatable bonds is 6. The van der Waals surface area contributed by atoms with Gasteiger partial charge in [-0.3, -0.25) is 13.9 Å². The van der Waals surface area contributed by atoms with E-state index >= 15 is 0 Å². The zero-order valence-corrected chi connectivity index (χ0v) is 18.5. The third-order valence-electron chi connectivity index (χ3n) is 6.09. The first kappa shape index (κ1) is 22.9. The Morgan fingerprint density at radius 2 is 1.55 bits per heavy atom. The summed E-state index contributed by atoms with van der Waals surface area (Å²) < 4.78 is 42.4. The van der Waals surface area contributed by atoms with E-state index in [4.69, 9.17) is 0 Å². The van der Waals surface area contributed by atoms with E-state index in [1.807, 2.05) is 36.1 Å². The highest BCUT2D eigenvalue weighted by molar-refractivity contribution is 5.78. The molecule has 6 nitrogen and oxygen atoms in total. The zero-order valence-electron chi connectivity index (χ0n) is 18.5. The van der Waals surface area contributed by atoms with E-state index in [0.29, 0.717) is 45.0 Å². The molecule has 2 heterocycles. The highest BCUT2D eigenvalue weighted by Gasteiger charge is 2.31. The summed E-state index contributed by atoms with van der Waals surface area (Å²) in [6, 6.07) is 12.8. The summed E-state index contributed by atoms with van der Waals surface area (Å²) in [6.45, 7) is 4.72. The lowest BCUT2D eigenvalue weighted by Gasteiger charge is -2.36. The van der Waals surface area contributed by atoms with Crippen LogP contribution in [0.1, 0.15) is 25.3 Å². The van der Waals surface area contributed by atoms with Crippen molar-refractivity contribution >= 4 is 22.6 Å². The fourth-order valence-corrected chi connectivity index (χ4v) is 4.39. The second-order valence-electron chi connectivity index (χ2n) is 8.24. The van der Waals surface area contributed by atoms with Crippen LogP contribution in [0, 0.1) is 0 Å². The Hall–Kier alpha value is -3.23. The van der Waals surface area contributed by atoms with Crippen LogP contribution in [0.5, 0.6) is 0 Å². The van der Waals surface area contributed by atoms with Crippen LogP contribution in [0.4, 0.5) is 18.9 Å². The second-order valence-corrected chi connectivity index (χ2v) is 8.24. The molecule has 0 N–H and O–H groups in total. The molecule has 1 amide bonds. The van der Waals surface area contributed by atoms with Gasteiger partial charge in [0.2, 0.25) is 5.91 Å². The van der Waals surface area contributed by atoms with E-state index in [0.717, 1.165) is 29.6 Å². The Bertz CT molecular complexity index is 1190. The monoisotopic (exact) mass is 460 g/mol. The molecule has 1 saturated heterocycles. The van der Waals surface area contributed by atoms with Crippen LogP contribution >= 0.6 is 0 Å².